The van der Waals surface area contributed by atoms with Gasteiger partial charge in [0.05, 0.1) is 4.47 Å². The number of allylic oxidation sites excluding steroid dienone is 1. The number of fused-ring (bicyclic) bond motifs is 1. The van der Waals surface area contributed by atoms with E-state index in [-0.39, 0.29) is 5.76 Å². The van der Waals surface area contributed by atoms with Gasteiger partial charge in [0.2, 0.25) is 0 Å². The predicted octanol–water partition coefficient (Wildman–Crippen LogP) is 5.45. The van der Waals surface area contributed by atoms with Gasteiger partial charge in [0, 0.05) is 35.9 Å². The molecule has 0 saturated carbocycles. The third-order valence-electron chi connectivity index (χ3n) is 3.78. The fourth-order valence-electron chi connectivity index (χ4n) is 2.42. The monoisotopic (exact) mass is 489 g/mol. The fraction of sp³-hybridized carbons (Fsp3) is 0.100. The van der Waals surface area contributed by atoms with Crippen LogP contribution in [0.5, 0.6) is 0 Å². The normalized spacial score (nSPS) is 11.6. The van der Waals surface area contributed by atoms with E-state index in [1.165, 1.54) is 6.21 Å². The lowest BCUT2D eigenvalue weighted by molar-refractivity contribution is 0.0929. The van der Waals surface area contributed by atoms with Crippen molar-refractivity contribution in [3.8, 4) is 0 Å². The van der Waals surface area contributed by atoms with E-state index in [0.717, 1.165) is 25.6 Å². The second kappa shape index (κ2) is 8.54. The summed E-state index contributed by atoms with van der Waals surface area (Å²) < 4.78 is 7.27. The van der Waals surface area contributed by atoms with Crippen molar-refractivity contribution in [1.29, 1.82) is 0 Å². The van der Waals surface area contributed by atoms with Gasteiger partial charge in [0.1, 0.15) is 5.58 Å². The molecule has 1 heterocycles. The summed E-state index contributed by atoms with van der Waals surface area (Å²) in [4.78, 5) is 14.2. The van der Waals surface area contributed by atoms with E-state index in [9.17, 15) is 4.79 Å². The molecule has 0 aliphatic carbocycles. The minimum Gasteiger partial charge on any atom is -0.450 e. The number of nitrogens with zero attached hydrogens (tertiary/aromatic N) is 2. The summed E-state index contributed by atoms with van der Waals surface area (Å²) in [5.41, 5.74) is 5.26. The highest BCUT2D eigenvalue weighted by molar-refractivity contribution is 9.11. The average molecular weight is 491 g/mol. The molecular formula is C20H17Br2N3O2. The lowest BCUT2D eigenvalue weighted by atomic mass is 10.2. The first-order valence-corrected chi connectivity index (χ1v) is 9.68. The Morgan fingerprint density at radius 1 is 1.15 bits per heavy atom. The maximum atomic E-state index is 12.2. The van der Waals surface area contributed by atoms with Crippen LogP contribution < -0.4 is 10.3 Å². The zero-order valence-electron chi connectivity index (χ0n) is 14.7. The van der Waals surface area contributed by atoms with E-state index in [1.54, 1.807) is 12.1 Å². The Hall–Kier alpha value is -2.38. The molecule has 0 spiro atoms. The van der Waals surface area contributed by atoms with Gasteiger partial charge in [-0.1, -0.05) is 34.1 Å². The number of amides is 1. The second-order valence-electron chi connectivity index (χ2n) is 5.98. The lowest BCUT2D eigenvalue weighted by Crippen LogP contribution is -2.16. The van der Waals surface area contributed by atoms with Gasteiger partial charge in [-0.15, -0.1) is 0 Å². The zero-order chi connectivity index (χ0) is 19.4. The van der Waals surface area contributed by atoms with E-state index in [0.29, 0.717) is 5.58 Å². The molecule has 0 fully saturated rings. The summed E-state index contributed by atoms with van der Waals surface area (Å²) in [7, 11) is 4.00. The number of halogens is 2. The minimum absolute atomic E-state index is 0.198. The smallest absolute Gasteiger partial charge is 0.307 e. The number of nitrogens with one attached hydrogen (secondary N) is 1. The molecule has 1 N–H and O–H groups in total. The molecule has 0 unspecified atom stereocenters. The van der Waals surface area contributed by atoms with Gasteiger partial charge in [-0.2, -0.15) is 5.10 Å². The number of carbonyl (C=O) groups is 1. The first kappa shape index (κ1) is 19.4. The first-order chi connectivity index (χ1) is 12.9. The molecule has 7 heteroatoms. The minimum atomic E-state index is -0.408. The molecule has 1 aromatic heterocycles. The Balaban J connectivity index is 1.61. The van der Waals surface area contributed by atoms with Crippen LogP contribution in [0.4, 0.5) is 5.69 Å². The average Bonchev–Trinajstić information content (AvgIpc) is 3.06. The summed E-state index contributed by atoms with van der Waals surface area (Å²) in [5, 5.41) is 4.74. The SMILES string of the molecule is CN(C)c1ccc(/C=C/C=N\NC(=O)c2cc3cc(Br)cc(Br)c3o2)cc1. The van der Waals surface area contributed by atoms with Crippen LogP contribution in [0.1, 0.15) is 16.1 Å². The summed E-state index contributed by atoms with van der Waals surface area (Å²) in [6.07, 6.45) is 5.19. The van der Waals surface area contributed by atoms with Crippen LogP contribution in [0.25, 0.3) is 17.0 Å². The molecule has 2 aromatic carbocycles. The first-order valence-electron chi connectivity index (χ1n) is 8.10. The van der Waals surface area contributed by atoms with E-state index in [1.807, 2.05) is 61.5 Å². The van der Waals surface area contributed by atoms with Crippen LogP contribution >= 0.6 is 31.9 Å². The topological polar surface area (TPSA) is 57.8 Å². The van der Waals surface area contributed by atoms with Crippen molar-refractivity contribution in [2.24, 2.45) is 5.10 Å². The predicted molar refractivity (Wildman–Crippen MR) is 117 cm³/mol. The van der Waals surface area contributed by atoms with Gasteiger partial charge in [0.15, 0.2) is 5.76 Å². The number of hydrazone groups is 1. The fourth-order valence-corrected chi connectivity index (χ4v) is 3.76. The number of rotatable bonds is 5. The Morgan fingerprint density at radius 3 is 2.59 bits per heavy atom. The number of hydrogen-bond acceptors (Lipinski definition) is 4. The maximum Gasteiger partial charge on any atom is 0.307 e. The molecule has 138 valence electrons. The van der Waals surface area contributed by atoms with Gasteiger partial charge in [-0.3, -0.25) is 4.79 Å². The summed E-state index contributed by atoms with van der Waals surface area (Å²) in [6, 6.07) is 13.5. The van der Waals surface area contributed by atoms with Gasteiger partial charge in [-0.25, -0.2) is 5.43 Å². The highest BCUT2D eigenvalue weighted by Crippen LogP contribution is 2.30. The van der Waals surface area contributed by atoms with Crippen molar-refractivity contribution in [2.75, 3.05) is 19.0 Å². The Labute approximate surface area is 174 Å². The van der Waals surface area contributed by atoms with Crippen molar-refractivity contribution in [2.45, 2.75) is 0 Å². The van der Waals surface area contributed by atoms with Gasteiger partial charge in [-0.05, 0) is 57.9 Å². The standard InChI is InChI=1S/C20H17Br2N3O2/c1-25(2)16-7-5-13(6-8-16)4-3-9-23-24-20(26)18-11-14-10-15(21)12-17(22)19(14)27-18/h3-12H,1-2H3,(H,24,26)/b4-3+,23-9-. The van der Waals surface area contributed by atoms with Gasteiger partial charge < -0.3 is 9.32 Å². The molecule has 0 aliphatic heterocycles. The van der Waals surface area contributed by atoms with Crippen LogP contribution in [0.2, 0.25) is 0 Å². The van der Waals surface area contributed by atoms with Crippen molar-refractivity contribution in [3.05, 3.63) is 68.8 Å². The van der Waals surface area contributed by atoms with Crippen LogP contribution in [-0.2, 0) is 0 Å². The van der Waals surface area contributed by atoms with Crippen LogP contribution in [0, 0.1) is 0 Å². The summed E-state index contributed by atoms with van der Waals surface area (Å²) >= 11 is 6.83. The number of hydrogen-bond donors (Lipinski definition) is 1. The highest BCUT2D eigenvalue weighted by Gasteiger charge is 2.13. The third-order valence-corrected chi connectivity index (χ3v) is 4.83. The Morgan fingerprint density at radius 2 is 1.89 bits per heavy atom. The van der Waals surface area contributed by atoms with Gasteiger partial charge in [0.25, 0.3) is 0 Å². The van der Waals surface area contributed by atoms with Crippen LogP contribution in [-0.4, -0.2) is 26.2 Å². The summed E-state index contributed by atoms with van der Waals surface area (Å²) in [5.74, 6) is -0.210. The Kier molecular flexibility index (Phi) is 6.13. The van der Waals surface area contributed by atoms with E-state index >= 15 is 0 Å². The molecule has 0 atom stereocenters. The largest absolute Gasteiger partial charge is 0.450 e. The number of benzene rings is 2. The molecule has 5 nitrogen and oxygen atoms in total. The van der Waals surface area contributed by atoms with E-state index in [2.05, 4.69) is 42.4 Å². The third kappa shape index (κ3) is 4.87. The zero-order valence-corrected chi connectivity index (χ0v) is 17.9. The van der Waals surface area contributed by atoms with E-state index in [4.69, 9.17) is 4.42 Å². The van der Waals surface area contributed by atoms with Crippen molar-refractivity contribution < 1.29 is 9.21 Å². The molecule has 0 bridgehead atoms. The molecule has 3 rings (SSSR count). The molecule has 0 saturated heterocycles. The quantitative estimate of drug-likeness (QED) is 0.382. The molecular weight excluding hydrogens is 474 g/mol. The maximum absolute atomic E-state index is 12.2. The molecule has 0 aliphatic rings. The molecule has 3 aromatic rings. The van der Waals surface area contributed by atoms with E-state index < -0.39 is 5.91 Å². The molecule has 0 radical (unpaired) electrons. The number of carbonyl (C=O) groups excluding carboxylic acids is 1. The van der Waals surface area contributed by atoms with Crippen LogP contribution in [0.3, 0.4) is 0 Å². The van der Waals surface area contributed by atoms with Gasteiger partial charge >= 0.3 is 5.91 Å². The number of furan rings is 1. The summed E-state index contributed by atoms with van der Waals surface area (Å²) in [6.45, 7) is 0. The Bertz CT molecular complexity index is 1020. The second-order valence-corrected chi connectivity index (χ2v) is 7.75. The number of anilines is 1. The highest BCUT2D eigenvalue weighted by atomic mass is 79.9. The van der Waals surface area contributed by atoms with Crippen molar-refractivity contribution in [1.82, 2.24) is 5.43 Å². The van der Waals surface area contributed by atoms with Crippen molar-refractivity contribution in [3.63, 3.8) is 0 Å². The molecule has 27 heavy (non-hydrogen) atoms. The van der Waals surface area contributed by atoms with Crippen LogP contribution in [0.15, 0.2) is 67.0 Å². The molecule has 1 amide bonds. The lowest BCUT2D eigenvalue weighted by Gasteiger charge is -2.11. The van der Waals surface area contributed by atoms with Crippen molar-refractivity contribution >= 4 is 66.7 Å².